The lowest BCUT2D eigenvalue weighted by Gasteiger charge is -2.13. The summed E-state index contributed by atoms with van der Waals surface area (Å²) in [5.74, 6) is 1.84. The van der Waals surface area contributed by atoms with E-state index in [0.29, 0.717) is 11.7 Å². The number of hydrazine groups is 1. The van der Waals surface area contributed by atoms with E-state index in [4.69, 9.17) is 9.26 Å². The Labute approximate surface area is 152 Å². The molecular formula is C20H22N4O2. The van der Waals surface area contributed by atoms with Gasteiger partial charge in [0.05, 0.1) is 12.7 Å². The van der Waals surface area contributed by atoms with Crippen molar-refractivity contribution >= 4 is 0 Å². The zero-order valence-corrected chi connectivity index (χ0v) is 15.1. The zero-order chi connectivity index (χ0) is 18.1. The lowest BCUT2D eigenvalue weighted by atomic mass is 9.96. The summed E-state index contributed by atoms with van der Waals surface area (Å²) in [6.45, 7) is 4.25. The second kappa shape index (κ2) is 6.90. The van der Waals surface area contributed by atoms with Crippen LogP contribution in [-0.4, -0.2) is 17.3 Å². The second-order valence-electron chi connectivity index (χ2n) is 6.65. The molecule has 1 saturated heterocycles. The number of ether oxygens (including phenoxy) is 1. The average molecular weight is 350 g/mol. The Hall–Kier alpha value is -2.70. The number of nitrogens with one attached hydrogen (secondary N) is 2. The Morgan fingerprint density at radius 3 is 2.73 bits per heavy atom. The van der Waals surface area contributed by atoms with Crippen LogP contribution >= 0.6 is 0 Å². The molecule has 2 N–H and O–H groups in total. The van der Waals surface area contributed by atoms with Gasteiger partial charge in [0, 0.05) is 6.04 Å². The molecule has 2 unspecified atom stereocenters. The Kier molecular flexibility index (Phi) is 4.44. The molecule has 2 aromatic carbocycles. The Morgan fingerprint density at radius 1 is 1.08 bits per heavy atom. The number of aromatic nitrogens is 2. The van der Waals surface area contributed by atoms with Gasteiger partial charge < -0.3 is 9.26 Å². The highest BCUT2D eigenvalue weighted by Crippen LogP contribution is 2.34. The highest BCUT2D eigenvalue weighted by molar-refractivity contribution is 5.63. The van der Waals surface area contributed by atoms with Crippen LogP contribution in [0.5, 0.6) is 5.75 Å². The van der Waals surface area contributed by atoms with Crippen molar-refractivity contribution < 1.29 is 9.26 Å². The van der Waals surface area contributed by atoms with E-state index in [-0.39, 0.29) is 12.1 Å². The van der Waals surface area contributed by atoms with Gasteiger partial charge >= 0.3 is 0 Å². The molecule has 134 valence electrons. The van der Waals surface area contributed by atoms with Gasteiger partial charge in [-0.3, -0.25) is 0 Å². The first-order chi connectivity index (χ1) is 12.7. The van der Waals surface area contributed by atoms with E-state index in [2.05, 4.69) is 53.0 Å². The van der Waals surface area contributed by atoms with Crippen molar-refractivity contribution in [3.05, 3.63) is 65.0 Å². The third-order valence-corrected chi connectivity index (χ3v) is 4.80. The van der Waals surface area contributed by atoms with Crippen molar-refractivity contribution in [2.75, 3.05) is 7.11 Å². The first kappa shape index (κ1) is 16.8. The first-order valence-electron chi connectivity index (χ1n) is 8.71. The molecule has 0 aliphatic carbocycles. The normalized spacial score (nSPS) is 19.7. The predicted molar refractivity (Wildman–Crippen MR) is 98.6 cm³/mol. The van der Waals surface area contributed by atoms with Crippen LogP contribution in [0.1, 0.15) is 41.1 Å². The van der Waals surface area contributed by atoms with E-state index in [0.717, 1.165) is 17.7 Å². The van der Waals surface area contributed by atoms with E-state index < -0.39 is 0 Å². The van der Waals surface area contributed by atoms with Crippen LogP contribution in [0.4, 0.5) is 0 Å². The van der Waals surface area contributed by atoms with Gasteiger partial charge in [-0.2, -0.15) is 4.98 Å². The summed E-state index contributed by atoms with van der Waals surface area (Å²) in [7, 11) is 1.64. The van der Waals surface area contributed by atoms with Gasteiger partial charge in [-0.25, -0.2) is 10.9 Å². The molecule has 2 atom stereocenters. The summed E-state index contributed by atoms with van der Waals surface area (Å²) in [6, 6.07) is 14.4. The monoisotopic (exact) mass is 350 g/mol. The third kappa shape index (κ3) is 3.09. The van der Waals surface area contributed by atoms with Crippen molar-refractivity contribution in [2.45, 2.75) is 32.4 Å². The number of hydrogen-bond donors (Lipinski definition) is 2. The maximum Gasteiger partial charge on any atom is 0.245 e. The van der Waals surface area contributed by atoms with Crippen molar-refractivity contribution in [1.82, 2.24) is 21.0 Å². The largest absolute Gasteiger partial charge is 0.496 e. The molecule has 6 heteroatoms. The third-order valence-electron chi connectivity index (χ3n) is 4.80. The summed E-state index contributed by atoms with van der Waals surface area (Å²) >= 11 is 0. The Morgan fingerprint density at radius 2 is 1.88 bits per heavy atom. The summed E-state index contributed by atoms with van der Waals surface area (Å²) < 4.78 is 10.9. The second-order valence-corrected chi connectivity index (χ2v) is 6.65. The molecular weight excluding hydrogens is 328 g/mol. The summed E-state index contributed by atoms with van der Waals surface area (Å²) in [5, 5.41) is 4.14. The number of aryl methyl sites for hydroxylation is 2. The van der Waals surface area contributed by atoms with Crippen LogP contribution in [0.3, 0.4) is 0 Å². The minimum atomic E-state index is -0.0316. The van der Waals surface area contributed by atoms with Crippen LogP contribution in [0.25, 0.3) is 11.4 Å². The van der Waals surface area contributed by atoms with Crippen LogP contribution in [0.2, 0.25) is 0 Å². The van der Waals surface area contributed by atoms with Crippen LogP contribution < -0.4 is 15.6 Å². The van der Waals surface area contributed by atoms with Crippen LogP contribution in [0.15, 0.2) is 47.0 Å². The number of benzene rings is 2. The predicted octanol–water partition coefficient (Wildman–Crippen LogP) is 3.64. The van der Waals surface area contributed by atoms with Gasteiger partial charge in [-0.1, -0.05) is 41.1 Å². The molecule has 4 rings (SSSR count). The van der Waals surface area contributed by atoms with Crippen molar-refractivity contribution in [3.63, 3.8) is 0 Å². The molecule has 2 heterocycles. The molecule has 0 amide bonds. The van der Waals surface area contributed by atoms with E-state index in [9.17, 15) is 0 Å². The summed E-state index contributed by atoms with van der Waals surface area (Å²) in [5.41, 5.74) is 11.3. The number of nitrogens with zero attached hydrogens (tertiary/aromatic N) is 2. The van der Waals surface area contributed by atoms with E-state index in [1.165, 1.54) is 16.7 Å². The van der Waals surface area contributed by atoms with Gasteiger partial charge in [0.25, 0.3) is 0 Å². The van der Waals surface area contributed by atoms with E-state index in [1.807, 2.05) is 24.3 Å². The fourth-order valence-electron chi connectivity index (χ4n) is 3.37. The van der Waals surface area contributed by atoms with Crippen molar-refractivity contribution in [1.29, 1.82) is 0 Å². The molecule has 1 fully saturated rings. The molecule has 26 heavy (non-hydrogen) atoms. The fourth-order valence-corrected chi connectivity index (χ4v) is 3.37. The minimum Gasteiger partial charge on any atom is -0.496 e. The van der Waals surface area contributed by atoms with Crippen molar-refractivity contribution in [2.24, 2.45) is 0 Å². The van der Waals surface area contributed by atoms with E-state index in [1.54, 1.807) is 7.11 Å². The highest BCUT2D eigenvalue weighted by atomic mass is 16.5. The summed E-state index contributed by atoms with van der Waals surface area (Å²) in [4.78, 5) is 4.58. The van der Waals surface area contributed by atoms with Gasteiger partial charge in [0.15, 0.2) is 0 Å². The van der Waals surface area contributed by atoms with Gasteiger partial charge in [0.1, 0.15) is 11.8 Å². The van der Waals surface area contributed by atoms with Crippen LogP contribution in [0, 0.1) is 13.8 Å². The van der Waals surface area contributed by atoms with Gasteiger partial charge in [-0.05, 0) is 43.5 Å². The van der Waals surface area contributed by atoms with Gasteiger partial charge in [-0.15, -0.1) is 0 Å². The SMILES string of the molecule is COc1ccccc1-c1noc(C2CC(c3cc(C)ccc3C)NN2)n1. The number of rotatable bonds is 4. The number of methoxy groups -OCH3 is 1. The number of para-hydroxylation sites is 1. The number of hydrogen-bond acceptors (Lipinski definition) is 6. The Bertz CT molecular complexity index is 922. The molecule has 6 nitrogen and oxygen atoms in total. The standard InChI is InChI=1S/C20H22N4O2/c1-12-8-9-13(2)15(10-12)16-11-17(23-22-16)20-21-19(24-26-20)14-6-4-5-7-18(14)25-3/h4-10,16-17,22-23H,11H2,1-3H3. The lowest BCUT2D eigenvalue weighted by molar-refractivity contribution is 0.339. The highest BCUT2D eigenvalue weighted by Gasteiger charge is 2.31. The smallest absolute Gasteiger partial charge is 0.245 e. The fraction of sp³-hybridized carbons (Fsp3) is 0.300. The molecule has 1 aromatic heterocycles. The first-order valence-corrected chi connectivity index (χ1v) is 8.71. The maximum absolute atomic E-state index is 5.52. The van der Waals surface area contributed by atoms with E-state index >= 15 is 0 Å². The minimum absolute atomic E-state index is 0.0316. The average Bonchev–Trinajstić information content (AvgIpc) is 3.33. The zero-order valence-electron chi connectivity index (χ0n) is 15.1. The lowest BCUT2D eigenvalue weighted by Crippen LogP contribution is -2.27. The van der Waals surface area contributed by atoms with Crippen molar-refractivity contribution in [3.8, 4) is 17.1 Å². The molecule has 0 saturated carbocycles. The molecule has 0 radical (unpaired) electrons. The molecule has 1 aliphatic heterocycles. The van der Waals surface area contributed by atoms with Crippen LogP contribution in [-0.2, 0) is 0 Å². The molecule has 1 aliphatic rings. The topological polar surface area (TPSA) is 72.2 Å². The summed E-state index contributed by atoms with van der Waals surface area (Å²) in [6.07, 6.45) is 0.845. The Balaban J connectivity index is 1.55. The quantitative estimate of drug-likeness (QED) is 0.748. The molecule has 0 spiro atoms. The van der Waals surface area contributed by atoms with Gasteiger partial charge in [0.2, 0.25) is 11.7 Å². The maximum atomic E-state index is 5.52. The molecule has 3 aromatic rings. The molecule has 0 bridgehead atoms.